The highest BCUT2D eigenvalue weighted by Crippen LogP contribution is 2.38. The molecule has 332 valence electrons. The fraction of sp³-hybridized carbons (Fsp3) is 0.381. The number of hydrogen-bond acceptors (Lipinski definition) is 7. The first-order valence-electron chi connectivity index (χ1n) is 20.3. The van der Waals surface area contributed by atoms with Gasteiger partial charge in [-0.25, -0.2) is 18.1 Å². The summed E-state index contributed by atoms with van der Waals surface area (Å²) < 4.78 is 109. The lowest BCUT2D eigenvalue weighted by atomic mass is 10.1. The third kappa shape index (κ3) is 9.03. The van der Waals surface area contributed by atoms with Crippen molar-refractivity contribution < 1.29 is 49.8 Å². The molecule has 2 aliphatic heterocycles. The van der Waals surface area contributed by atoms with Crippen LogP contribution in [-0.2, 0) is 73.6 Å². The van der Waals surface area contributed by atoms with E-state index < -0.39 is 36.3 Å². The molecule has 63 heavy (non-hydrogen) atoms. The van der Waals surface area contributed by atoms with E-state index in [9.17, 15) is 44.7 Å². The second-order valence-corrected chi connectivity index (χ2v) is 15.4. The van der Waals surface area contributed by atoms with Crippen molar-refractivity contribution in [3.63, 3.8) is 0 Å². The lowest BCUT2D eigenvalue weighted by molar-refractivity contribution is -0.143. The van der Waals surface area contributed by atoms with Crippen LogP contribution >= 0.6 is 0 Å². The monoisotopic (exact) mass is 884 g/mol. The number of nitrogens with one attached hydrogen (secondary N) is 1. The molecule has 0 unspecified atom stereocenters. The number of fused-ring (bicyclic) bond motifs is 4. The van der Waals surface area contributed by atoms with Crippen LogP contribution in [0.15, 0.2) is 60.9 Å². The molecule has 0 radical (unpaired) electrons. The van der Waals surface area contributed by atoms with Crippen LogP contribution < -0.4 is 10.2 Å². The normalized spacial score (nSPS) is 15.3. The van der Waals surface area contributed by atoms with Gasteiger partial charge in [-0.15, -0.1) is 0 Å². The van der Waals surface area contributed by atoms with E-state index in [1.165, 1.54) is 34.6 Å². The number of anilines is 2. The molecule has 0 bridgehead atoms. The Hall–Kier alpha value is -6.54. The average molecular weight is 885 g/mol. The van der Waals surface area contributed by atoms with Gasteiger partial charge >= 0.3 is 18.3 Å². The predicted molar refractivity (Wildman–Crippen MR) is 211 cm³/mol. The van der Waals surface area contributed by atoms with Crippen molar-refractivity contribution in [1.29, 1.82) is 0 Å². The fourth-order valence-electron chi connectivity index (χ4n) is 8.54. The zero-order chi connectivity index (χ0) is 44.6. The molecule has 10 rings (SSSR count). The predicted octanol–water partition coefficient (Wildman–Crippen LogP) is 7.54. The van der Waals surface area contributed by atoms with E-state index in [4.69, 9.17) is 5.11 Å². The number of alkyl halides is 6. The lowest BCUT2D eigenvalue weighted by Crippen LogP contribution is -2.38. The Morgan fingerprint density at radius 1 is 0.619 bits per heavy atom. The summed E-state index contributed by atoms with van der Waals surface area (Å²) in [5.74, 6) is -2.09. The van der Waals surface area contributed by atoms with Gasteiger partial charge in [-0.05, 0) is 113 Å². The summed E-state index contributed by atoms with van der Waals surface area (Å²) in [5, 5.41) is 27.7. The van der Waals surface area contributed by atoms with Crippen molar-refractivity contribution in [1.82, 2.24) is 39.1 Å². The molecule has 21 heteroatoms. The van der Waals surface area contributed by atoms with Crippen molar-refractivity contribution in [2.45, 2.75) is 89.7 Å². The van der Waals surface area contributed by atoms with Gasteiger partial charge in [0.1, 0.15) is 24.7 Å². The standard InChI is InChI=1S/C21H19F4N5O.C12H12FN3.C9H9F3N2O2/c22-13-6-8-14(9-7-13)30-17-5-2-10-28(18(17)11-26-30)19(31)12-29-16-4-1-3-15(16)20(27-29)21(23,24)25;13-9-3-5-10(6-4-9)16-12-2-1-7-14-11(12)8-15-16;10-9(11,12)8-5-2-1-3-6(5)14(13-8)4-7(15)16/h6-9,11H,1-5,10,12H2;3-6,8,14H,1-2,7H2;1-4H2,(H,15,16). The van der Waals surface area contributed by atoms with Crippen LogP contribution in [0.5, 0.6) is 0 Å². The molecular formula is C42H40F8N10O3. The molecule has 0 saturated heterocycles. The van der Waals surface area contributed by atoms with Gasteiger partial charge in [0, 0.05) is 35.6 Å². The molecule has 13 nitrogen and oxygen atoms in total. The number of carbonyl (C=O) groups is 2. The molecule has 0 saturated carbocycles. The van der Waals surface area contributed by atoms with Crippen LogP contribution in [0.1, 0.15) is 71.0 Å². The van der Waals surface area contributed by atoms with Gasteiger partial charge in [-0.1, -0.05) is 0 Å². The number of halogens is 8. The number of hydrogen-bond donors (Lipinski definition) is 2. The van der Waals surface area contributed by atoms with Crippen molar-refractivity contribution in [3.05, 3.63) is 118 Å². The number of aliphatic carboxylic acids is 1. The first-order chi connectivity index (χ1) is 30.1. The zero-order valence-corrected chi connectivity index (χ0v) is 33.5. The number of carboxylic acids is 1. The molecule has 4 aliphatic rings. The summed E-state index contributed by atoms with van der Waals surface area (Å²) in [7, 11) is 0. The number of carboxylic acid groups (broad SMARTS) is 1. The molecule has 0 spiro atoms. The molecular weight excluding hydrogens is 845 g/mol. The summed E-state index contributed by atoms with van der Waals surface area (Å²) in [5.41, 5.74) is 4.77. The first-order valence-corrected chi connectivity index (χ1v) is 20.3. The van der Waals surface area contributed by atoms with Crippen LogP contribution in [0.4, 0.5) is 46.5 Å². The van der Waals surface area contributed by atoms with Gasteiger partial charge in [0.05, 0.1) is 46.5 Å². The van der Waals surface area contributed by atoms with E-state index in [1.807, 2.05) is 10.9 Å². The van der Waals surface area contributed by atoms with E-state index >= 15 is 0 Å². The van der Waals surface area contributed by atoms with Crippen molar-refractivity contribution in [3.8, 4) is 11.4 Å². The molecule has 2 N–H and O–H groups in total. The SMILES string of the molecule is Fc1ccc(-n2ncc3c2CCCN3)cc1.O=C(Cn1nc(C(F)(F)F)c2c1CCC2)N1CCCc2c1cnn2-c1ccc(F)cc1.O=C(O)Cn1nc(C(F)(F)F)c2c1CCC2. The minimum Gasteiger partial charge on any atom is -0.480 e. The maximum absolute atomic E-state index is 13.3. The molecule has 2 aliphatic carbocycles. The topological polar surface area (TPSA) is 141 Å². The Morgan fingerprint density at radius 3 is 1.65 bits per heavy atom. The van der Waals surface area contributed by atoms with Gasteiger partial charge in [-0.2, -0.15) is 46.7 Å². The molecule has 1 amide bonds. The Bertz CT molecular complexity index is 2620. The number of nitrogens with zero attached hydrogens (tertiary/aromatic N) is 9. The van der Waals surface area contributed by atoms with E-state index in [-0.39, 0.29) is 35.2 Å². The lowest BCUT2D eigenvalue weighted by Gasteiger charge is -2.27. The molecule has 2 aromatic carbocycles. The van der Waals surface area contributed by atoms with Gasteiger partial charge in [0.15, 0.2) is 11.4 Å². The fourth-order valence-corrected chi connectivity index (χ4v) is 8.54. The van der Waals surface area contributed by atoms with Crippen molar-refractivity contribution in [2.24, 2.45) is 0 Å². The smallest absolute Gasteiger partial charge is 0.435 e. The van der Waals surface area contributed by atoms with Crippen LogP contribution in [-0.4, -0.2) is 69.2 Å². The van der Waals surface area contributed by atoms with Crippen molar-refractivity contribution in [2.75, 3.05) is 23.3 Å². The number of amides is 1. The van der Waals surface area contributed by atoms with Gasteiger partial charge in [0.2, 0.25) is 5.91 Å². The van der Waals surface area contributed by atoms with Gasteiger partial charge in [0.25, 0.3) is 0 Å². The van der Waals surface area contributed by atoms with Crippen LogP contribution in [0.25, 0.3) is 11.4 Å². The number of carbonyl (C=O) groups excluding carboxylic acids is 1. The third-order valence-electron chi connectivity index (χ3n) is 11.3. The Morgan fingerprint density at radius 2 is 1.11 bits per heavy atom. The summed E-state index contributed by atoms with van der Waals surface area (Å²) in [6.45, 7) is 0.691. The molecule has 0 fully saturated rings. The van der Waals surface area contributed by atoms with Gasteiger partial charge in [-0.3, -0.25) is 19.0 Å². The van der Waals surface area contributed by atoms with E-state index in [2.05, 4.69) is 25.7 Å². The van der Waals surface area contributed by atoms with Crippen molar-refractivity contribution >= 4 is 23.3 Å². The highest BCUT2D eigenvalue weighted by molar-refractivity contribution is 5.94. The van der Waals surface area contributed by atoms with Crippen LogP contribution in [0.3, 0.4) is 0 Å². The maximum Gasteiger partial charge on any atom is 0.435 e. The molecule has 0 atom stereocenters. The molecule has 6 heterocycles. The highest BCUT2D eigenvalue weighted by Gasteiger charge is 2.42. The summed E-state index contributed by atoms with van der Waals surface area (Å²) in [6.07, 6.45) is 0.726. The highest BCUT2D eigenvalue weighted by atomic mass is 19.4. The third-order valence-corrected chi connectivity index (χ3v) is 11.3. The molecule has 4 aromatic heterocycles. The number of aromatic nitrogens is 8. The maximum atomic E-state index is 13.3. The van der Waals surface area contributed by atoms with E-state index in [1.54, 1.807) is 40.0 Å². The number of rotatable bonds is 6. The first kappa shape index (κ1) is 43.1. The summed E-state index contributed by atoms with van der Waals surface area (Å²) in [4.78, 5) is 25.1. The second-order valence-electron chi connectivity index (χ2n) is 15.4. The zero-order valence-electron chi connectivity index (χ0n) is 33.5. The minimum atomic E-state index is -4.53. The van der Waals surface area contributed by atoms with Gasteiger partial charge < -0.3 is 15.3 Å². The summed E-state index contributed by atoms with van der Waals surface area (Å²) >= 11 is 0. The van der Waals surface area contributed by atoms with Crippen LogP contribution in [0, 0.1) is 11.6 Å². The molecule has 6 aromatic rings. The summed E-state index contributed by atoms with van der Waals surface area (Å²) in [6, 6.07) is 12.3. The average Bonchev–Trinajstić information content (AvgIpc) is 4.10. The second kappa shape index (κ2) is 17.3. The van der Waals surface area contributed by atoms with Crippen LogP contribution in [0.2, 0.25) is 0 Å². The number of benzene rings is 2. The minimum absolute atomic E-state index is 0.161. The Balaban J connectivity index is 0.000000143. The quantitative estimate of drug-likeness (QED) is 0.164. The Labute approximate surface area is 353 Å². The van der Waals surface area contributed by atoms with E-state index in [0.29, 0.717) is 80.7 Å². The van der Waals surface area contributed by atoms with E-state index in [0.717, 1.165) is 41.1 Å². The largest absolute Gasteiger partial charge is 0.480 e. The Kier molecular flexibility index (Phi) is 11.9.